The molecule has 20 heavy (non-hydrogen) atoms. The van der Waals surface area contributed by atoms with Gasteiger partial charge in [-0.25, -0.2) is 21.9 Å². The van der Waals surface area contributed by atoms with Gasteiger partial charge >= 0.3 is 0 Å². The molecule has 0 aromatic rings. The van der Waals surface area contributed by atoms with E-state index in [0.29, 0.717) is 26.1 Å². The van der Waals surface area contributed by atoms with Crippen molar-refractivity contribution in [3.8, 4) is 0 Å². The highest BCUT2D eigenvalue weighted by atomic mass is 32.2. The number of sulfonamides is 1. The molecule has 4 nitrogen and oxygen atoms in total. The number of ether oxygens (including phenoxy) is 1. The average molecular weight is 309 g/mol. The highest BCUT2D eigenvalue weighted by Crippen LogP contribution is 2.38. The van der Waals surface area contributed by atoms with E-state index in [0.717, 1.165) is 12.0 Å². The highest BCUT2D eigenvalue weighted by molar-refractivity contribution is 7.89. The van der Waals surface area contributed by atoms with Crippen LogP contribution in [0.2, 0.25) is 0 Å². The van der Waals surface area contributed by atoms with Crippen molar-refractivity contribution in [1.82, 2.24) is 4.72 Å². The lowest BCUT2D eigenvalue weighted by Crippen LogP contribution is -2.40. The maximum Gasteiger partial charge on any atom is 0.251 e. The lowest BCUT2D eigenvalue weighted by molar-refractivity contribution is -0.0770. The van der Waals surface area contributed by atoms with Gasteiger partial charge in [-0.15, -0.1) is 0 Å². The van der Waals surface area contributed by atoms with Gasteiger partial charge in [-0.1, -0.05) is 12.5 Å². The van der Waals surface area contributed by atoms with Gasteiger partial charge in [0.05, 0.1) is 19.0 Å². The standard InChI is InChI=1S/C13H21F2NO3S/c14-13(15)6-2-1-5-12(13)10-20(17,18)16-8-11-4-3-7-19-9-11/h4,12,16H,1-3,5-10H2. The predicted molar refractivity (Wildman–Crippen MR) is 72.2 cm³/mol. The number of alkyl halides is 2. The summed E-state index contributed by atoms with van der Waals surface area (Å²) in [7, 11) is -3.68. The first-order chi connectivity index (χ1) is 9.39. The molecule has 0 amide bonds. The summed E-state index contributed by atoms with van der Waals surface area (Å²) < 4.78 is 58.8. The third-order valence-electron chi connectivity index (χ3n) is 3.83. The Balaban J connectivity index is 1.88. The van der Waals surface area contributed by atoms with Crippen molar-refractivity contribution in [2.24, 2.45) is 5.92 Å². The zero-order chi connectivity index (χ0) is 14.6. The van der Waals surface area contributed by atoms with Crippen LogP contribution in [0.25, 0.3) is 0 Å². The summed E-state index contributed by atoms with van der Waals surface area (Å²) >= 11 is 0. The molecule has 0 aromatic heterocycles. The molecular formula is C13H21F2NO3S. The second kappa shape index (κ2) is 6.49. The molecular weight excluding hydrogens is 288 g/mol. The summed E-state index contributed by atoms with van der Waals surface area (Å²) in [5.41, 5.74) is 0.857. The van der Waals surface area contributed by atoms with Gasteiger partial charge in [0.15, 0.2) is 0 Å². The zero-order valence-electron chi connectivity index (χ0n) is 11.4. The minimum atomic E-state index is -3.68. The van der Waals surface area contributed by atoms with Gasteiger partial charge in [-0.3, -0.25) is 0 Å². The molecule has 1 fully saturated rings. The Morgan fingerprint density at radius 1 is 1.40 bits per heavy atom. The van der Waals surface area contributed by atoms with Crippen molar-refractivity contribution in [2.75, 3.05) is 25.5 Å². The van der Waals surface area contributed by atoms with E-state index < -0.39 is 27.6 Å². The topological polar surface area (TPSA) is 55.4 Å². The molecule has 116 valence electrons. The lowest BCUT2D eigenvalue weighted by Gasteiger charge is -2.31. The van der Waals surface area contributed by atoms with Gasteiger partial charge in [0.25, 0.3) is 5.92 Å². The summed E-state index contributed by atoms with van der Waals surface area (Å²) in [6.45, 7) is 1.20. The molecule has 0 saturated heterocycles. The Morgan fingerprint density at radius 2 is 2.20 bits per heavy atom. The molecule has 1 unspecified atom stereocenters. The van der Waals surface area contributed by atoms with Crippen molar-refractivity contribution in [3.63, 3.8) is 0 Å². The Morgan fingerprint density at radius 3 is 2.85 bits per heavy atom. The highest BCUT2D eigenvalue weighted by Gasteiger charge is 2.43. The molecule has 1 aliphatic heterocycles. The van der Waals surface area contributed by atoms with Crippen LogP contribution in [0.5, 0.6) is 0 Å². The minimum Gasteiger partial charge on any atom is -0.377 e. The first-order valence-electron chi connectivity index (χ1n) is 7.00. The van der Waals surface area contributed by atoms with Crippen LogP contribution >= 0.6 is 0 Å². The molecule has 7 heteroatoms. The Labute approximate surface area is 118 Å². The Kier molecular flexibility index (Phi) is 5.14. The number of halogens is 2. The van der Waals surface area contributed by atoms with Crippen molar-refractivity contribution in [1.29, 1.82) is 0 Å². The average Bonchev–Trinajstić information content (AvgIpc) is 2.40. The molecule has 2 rings (SSSR count). The van der Waals surface area contributed by atoms with Crippen LogP contribution in [0, 0.1) is 5.92 Å². The number of hydrogen-bond donors (Lipinski definition) is 1. The third-order valence-corrected chi connectivity index (χ3v) is 5.26. The molecule has 1 aliphatic carbocycles. The van der Waals surface area contributed by atoms with E-state index in [-0.39, 0.29) is 19.4 Å². The molecule has 1 N–H and O–H groups in total. The second-order valence-electron chi connectivity index (χ2n) is 5.51. The van der Waals surface area contributed by atoms with E-state index in [4.69, 9.17) is 4.74 Å². The summed E-state index contributed by atoms with van der Waals surface area (Å²) in [6.07, 6.45) is 3.92. The normalized spacial score (nSPS) is 27.1. The fourth-order valence-electron chi connectivity index (χ4n) is 2.63. The molecule has 1 heterocycles. The van der Waals surface area contributed by atoms with E-state index in [9.17, 15) is 17.2 Å². The number of rotatable bonds is 5. The molecule has 0 spiro atoms. The Hall–Kier alpha value is -0.530. The second-order valence-corrected chi connectivity index (χ2v) is 7.36. The molecule has 1 atom stereocenters. The molecule has 0 radical (unpaired) electrons. The maximum atomic E-state index is 13.7. The van der Waals surface area contributed by atoms with Crippen molar-refractivity contribution in [3.05, 3.63) is 11.6 Å². The number of nitrogens with one attached hydrogen (secondary N) is 1. The largest absolute Gasteiger partial charge is 0.377 e. The van der Waals surface area contributed by atoms with Crippen LogP contribution in [0.3, 0.4) is 0 Å². The minimum absolute atomic E-state index is 0.153. The summed E-state index contributed by atoms with van der Waals surface area (Å²) in [5.74, 6) is -4.42. The van der Waals surface area contributed by atoms with E-state index in [1.54, 1.807) is 0 Å². The summed E-state index contributed by atoms with van der Waals surface area (Å²) in [5, 5.41) is 0. The van der Waals surface area contributed by atoms with Crippen LogP contribution in [-0.2, 0) is 14.8 Å². The first-order valence-corrected chi connectivity index (χ1v) is 8.65. The van der Waals surface area contributed by atoms with Crippen molar-refractivity contribution in [2.45, 2.75) is 38.0 Å². The van der Waals surface area contributed by atoms with Crippen LogP contribution in [0.1, 0.15) is 32.1 Å². The first kappa shape index (κ1) is 15.9. The quantitative estimate of drug-likeness (QED) is 0.791. The third kappa shape index (κ3) is 4.49. The van der Waals surface area contributed by atoms with E-state index in [2.05, 4.69) is 4.72 Å². The Bertz CT molecular complexity index is 462. The van der Waals surface area contributed by atoms with Crippen molar-refractivity contribution < 1.29 is 21.9 Å². The predicted octanol–water partition coefficient (Wildman–Crippen LogP) is 2.08. The molecule has 0 bridgehead atoms. The SMILES string of the molecule is O=S(=O)(CC1CCCCC1(F)F)NCC1=CCCOC1. The summed E-state index contributed by atoms with van der Waals surface area (Å²) in [6, 6.07) is 0. The van der Waals surface area contributed by atoms with Gasteiger partial charge in [-0.2, -0.15) is 0 Å². The summed E-state index contributed by atoms with van der Waals surface area (Å²) in [4.78, 5) is 0. The fourth-order valence-corrected chi connectivity index (χ4v) is 4.09. The van der Waals surface area contributed by atoms with Gasteiger partial charge < -0.3 is 4.74 Å². The zero-order valence-corrected chi connectivity index (χ0v) is 12.2. The fraction of sp³-hybridized carbons (Fsp3) is 0.846. The molecule has 2 aliphatic rings. The maximum absolute atomic E-state index is 13.7. The van der Waals surface area contributed by atoms with E-state index >= 15 is 0 Å². The van der Waals surface area contributed by atoms with E-state index in [1.165, 1.54) is 0 Å². The van der Waals surface area contributed by atoms with Crippen LogP contribution < -0.4 is 4.72 Å². The van der Waals surface area contributed by atoms with Crippen LogP contribution in [0.4, 0.5) is 8.78 Å². The van der Waals surface area contributed by atoms with Gasteiger partial charge in [0.2, 0.25) is 10.0 Å². The van der Waals surface area contributed by atoms with E-state index in [1.807, 2.05) is 6.08 Å². The van der Waals surface area contributed by atoms with Gasteiger partial charge in [0.1, 0.15) is 0 Å². The van der Waals surface area contributed by atoms with Gasteiger partial charge in [-0.05, 0) is 24.8 Å². The molecule has 0 aromatic carbocycles. The lowest BCUT2D eigenvalue weighted by atomic mass is 9.87. The van der Waals surface area contributed by atoms with Crippen LogP contribution in [0.15, 0.2) is 11.6 Å². The number of hydrogen-bond acceptors (Lipinski definition) is 3. The monoisotopic (exact) mass is 309 g/mol. The van der Waals surface area contributed by atoms with Gasteiger partial charge in [0, 0.05) is 18.9 Å². The smallest absolute Gasteiger partial charge is 0.251 e. The van der Waals surface area contributed by atoms with Crippen LogP contribution in [-0.4, -0.2) is 39.9 Å². The molecule has 1 saturated carbocycles. The van der Waals surface area contributed by atoms with Crippen molar-refractivity contribution >= 4 is 10.0 Å².